The summed E-state index contributed by atoms with van der Waals surface area (Å²) in [7, 11) is 0. The van der Waals surface area contributed by atoms with Crippen molar-refractivity contribution in [1.29, 1.82) is 0 Å². The standard InChI is InChI=1S/C24H46N4/c1-5-9-13-27(14-10-6-2)19-21-17-22(24(26)18-23(21)25)20-28(15-11-7-3)16-12-8-4/h17-18H,5-16,19-20,25-26H2,1-4H3. The lowest BCUT2D eigenvalue weighted by Gasteiger charge is -2.26. The second-order valence-electron chi connectivity index (χ2n) is 8.22. The molecule has 0 aliphatic heterocycles. The first-order valence-corrected chi connectivity index (χ1v) is 11.7. The Morgan fingerprint density at radius 3 is 1.18 bits per heavy atom. The molecule has 28 heavy (non-hydrogen) atoms. The van der Waals surface area contributed by atoms with E-state index < -0.39 is 0 Å². The van der Waals surface area contributed by atoms with E-state index in [-0.39, 0.29) is 0 Å². The van der Waals surface area contributed by atoms with E-state index in [0.717, 1.165) is 50.6 Å². The quantitative estimate of drug-likeness (QED) is 0.358. The van der Waals surface area contributed by atoms with Gasteiger partial charge in [-0.1, -0.05) is 53.4 Å². The van der Waals surface area contributed by atoms with E-state index in [1.54, 1.807) is 0 Å². The van der Waals surface area contributed by atoms with E-state index in [1.165, 1.54) is 62.5 Å². The molecule has 0 radical (unpaired) electrons. The Labute approximate surface area is 174 Å². The predicted octanol–water partition coefficient (Wildman–Crippen LogP) is 5.66. The molecule has 0 aliphatic carbocycles. The first-order valence-electron chi connectivity index (χ1n) is 11.7. The molecular weight excluding hydrogens is 344 g/mol. The van der Waals surface area contributed by atoms with Crippen molar-refractivity contribution >= 4 is 11.4 Å². The Hall–Kier alpha value is -1.26. The van der Waals surface area contributed by atoms with E-state index >= 15 is 0 Å². The lowest BCUT2D eigenvalue weighted by atomic mass is 10.0. The summed E-state index contributed by atoms with van der Waals surface area (Å²) >= 11 is 0. The van der Waals surface area contributed by atoms with Gasteiger partial charge in [-0.3, -0.25) is 9.80 Å². The van der Waals surface area contributed by atoms with Crippen molar-refractivity contribution in [3.05, 3.63) is 23.3 Å². The number of hydrogen-bond donors (Lipinski definition) is 2. The smallest absolute Gasteiger partial charge is 0.0380 e. The zero-order valence-electron chi connectivity index (χ0n) is 19.1. The van der Waals surface area contributed by atoms with Crippen LogP contribution >= 0.6 is 0 Å². The van der Waals surface area contributed by atoms with Crippen molar-refractivity contribution in [3.8, 4) is 0 Å². The lowest BCUT2D eigenvalue weighted by Crippen LogP contribution is -2.27. The molecule has 0 saturated carbocycles. The number of unbranched alkanes of at least 4 members (excludes halogenated alkanes) is 4. The van der Waals surface area contributed by atoms with Gasteiger partial charge in [0.1, 0.15) is 0 Å². The summed E-state index contributed by atoms with van der Waals surface area (Å²) < 4.78 is 0. The Balaban J connectivity index is 2.92. The Kier molecular flexibility index (Phi) is 13.0. The summed E-state index contributed by atoms with van der Waals surface area (Å²) in [6.45, 7) is 15.5. The van der Waals surface area contributed by atoms with Gasteiger partial charge in [0.15, 0.2) is 0 Å². The molecular formula is C24H46N4. The normalized spacial score (nSPS) is 11.6. The molecule has 0 atom stereocenters. The molecule has 0 spiro atoms. The van der Waals surface area contributed by atoms with Crippen molar-refractivity contribution in [2.75, 3.05) is 37.6 Å². The minimum atomic E-state index is 0.841. The fraction of sp³-hybridized carbons (Fsp3) is 0.750. The van der Waals surface area contributed by atoms with Crippen molar-refractivity contribution in [2.45, 2.75) is 92.2 Å². The molecule has 0 unspecified atom stereocenters. The topological polar surface area (TPSA) is 58.5 Å². The largest absolute Gasteiger partial charge is 0.398 e. The number of hydrogen-bond acceptors (Lipinski definition) is 4. The first kappa shape index (κ1) is 24.8. The van der Waals surface area contributed by atoms with Gasteiger partial charge in [0, 0.05) is 24.5 Å². The monoisotopic (exact) mass is 390 g/mol. The first-order chi connectivity index (χ1) is 13.5. The van der Waals surface area contributed by atoms with Crippen LogP contribution in [0, 0.1) is 0 Å². The summed E-state index contributed by atoms with van der Waals surface area (Å²) in [5, 5.41) is 0. The summed E-state index contributed by atoms with van der Waals surface area (Å²) in [5.41, 5.74) is 16.9. The van der Waals surface area contributed by atoms with Crippen LogP contribution in [0.1, 0.15) is 90.2 Å². The summed E-state index contributed by atoms with van der Waals surface area (Å²) in [6, 6.07) is 4.26. The molecule has 1 aromatic carbocycles. The molecule has 1 aromatic rings. The number of benzene rings is 1. The van der Waals surface area contributed by atoms with Crippen molar-refractivity contribution < 1.29 is 0 Å². The van der Waals surface area contributed by atoms with Crippen LogP contribution in [-0.4, -0.2) is 36.0 Å². The molecule has 0 aliphatic rings. The third-order valence-corrected chi connectivity index (χ3v) is 5.50. The summed E-state index contributed by atoms with van der Waals surface area (Å²) in [4.78, 5) is 5.12. The maximum Gasteiger partial charge on any atom is 0.0380 e. The highest BCUT2D eigenvalue weighted by Crippen LogP contribution is 2.24. The van der Waals surface area contributed by atoms with Gasteiger partial charge in [-0.15, -0.1) is 0 Å². The van der Waals surface area contributed by atoms with Crippen LogP contribution in [0.25, 0.3) is 0 Å². The maximum atomic E-state index is 6.37. The number of nitrogens with two attached hydrogens (primary N) is 2. The fourth-order valence-electron chi connectivity index (χ4n) is 3.55. The summed E-state index contributed by atoms with van der Waals surface area (Å²) in [5.74, 6) is 0. The Morgan fingerprint density at radius 2 is 0.893 bits per heavy atom. The highest BCUT2D eigenvalue weighted by molar-refractivity contribution is 5.61. The van der Waals surface area contributed by atoms with Gasteiger partial charge in [0.2, 0.25) is 0 Å². The van der Waals surface area contributed by atoms with Crippen LogP contribution < -0.4 is 11.5 Å². The van der Waals surface area contributed by atoms with Gasteiger partial charge in [-0.2, -0.15) is 0 Å². The van der Waals surface area contributed by atoms with E-state index in [0.29, 0.717) is 0 Å². The molecule has 0 aromatic heterocycles. The van der Waals surface area contributed by atoms with E-state index in [9.17, 15) is 0 Å². The van der Waals surface area contributed by atoms with E-state index in [2.05, 4.69) is 43.6 Å². The minimum Gasteiger partial charge on any atom is -0.398 e. The van der Waals surface area contributed by atoms with Gasteiger partial charge < -0.3 is 11.5 Å². The third-order valence-electron chi connectivity index (χ3n) is 5.50. The van der Waals surface area contributed by atoms with Crippen LogP contribution in [-0.2, 0) is 13.1 Å². The van der Waals surface area contributed by atoms with Crippen LogP contribution in [0.3, 0.4) is 0 Å². The highest BCUT2D eigenvalue weighted by Gasteiger charge is 2.13. The average molecular weight is 391 g/mol. The SMILES string of the molecule is CCCCN(CCCC)Cc1cc(CN(CCCC)CCCC)c(N)cc1N. The van der Waals surface area contributed by atoms with Gasteiger partial charge in [-0.05, 0) is 75.1 Å². The van der Waals surface area contributed by atoms with E-state index in [4.69, 9.17) is 11.5 Å². The molecule has 0 amide bonds. The van der Waals surface area contributed by atoms with E-state index in [1.807, 2.05) is 6.07 Å². The molecule has 0 saturated heterocycles. The maximum absolute atomic E-state index is 6.37. The molecule has 1 rings (SSSR count). The van der Waals surface area contributed by atoms with Crippen LogP contribution in [0.2, 0.25) is 0 Å². The van der Waals surface area contributed by atoms with Gasteiger partial charge in [0.05, 0.1) is 0 Å². The molecule has 4 N–H and O–H groups in total. The lowest BCUT2D eigenvalue weighted by molar-refractivity contribution is 0.253. The van der Waals surface area contributed by atoms with Gasteiger partial charge in [0.25, 0.3) is 0 Å². The van der Waals surface area contributed by atoms with Gasteiger partial charge in [-0.25, -0.2) is 0 Å². The molecule has 0 heterocycles. The van der Waals surface area contributed by atoms with Crippen molar-refractivity contribution in [3.63, 3.8) is 0 Å². The predicted molar refractivity (Wildman–Crippen MR) is 125 cm³/mol. The zero-order valence-corrected chi connectivity index (χ0v) is 19.1. The average Bonchev–Trinajstić information content (AvgIpc) is 2.69. The number of nitrogens with zero attached hydrogens (tertiary/aromatic N) is 2. The number of nitrogen functional groups attached to an aromatic ring is 2. The highest BCUT2D eigenvalue weighted by atomic mass is 15.1. The second-order valence-corrected chi connectivity index (χ2v) is 8.22. The Morgan fingerprint density at radius 1 is 0.571 bits per heavy atom. The van der Waals surface area contributed by atoms with Crippen LogP contribution in [0.15, 0.2) is 12.1 Å². The van der Waals surface area contributed by atoms with Crippen molar-refractivity contribution in [1.82, 2.24) is 9.80 Å². The van der Waals surface area contributed by atoms with Crippen LogP contribution in [0.5, 0.6) is 0 Å². The minimum absolute atomic E-state index is 0.841. The molecule has 4 heteroatoms. The summed E-state index contributed by atoms with van der Waals surface area (Å²) in [6.07, 6.45) is 9.90. The third kappa shape index (κ3) is 9.29. The number of rotatable bonds is 16. The Bertz CT molecular complexity index is 470. The zero-order chi connectivity index (χ0) is 20.8. The molecule has 0 bridgehead atoms. The fourth-order valence-corrected chi connectivity index (χ4v) is 3.55. The molecule has 0 fully saturated rings. The molecule has 4 nitrogen and oxygen atoms in total. The second kappa shape index (κ2) is 14.7. The van der Waals surface area contributed by atoms with Gasteiger partial charge >= 0.3 is 0 Å². The number of anilines is 2. The molecule has 162 valence electrons. The van der Waals surface area contributed by atoms with Crippen LogP contribution in [0.4, 0.5) is 11.4 Å². The van der Waals surface area contributed by atoms with Crippen molar-refractivity contribution in [2.24, 2.45) is 0 Å².